The molecule has 3 nitrogen and oxygen atoms in total. The summed E-state index contributed by atoms with van der Waals surface area (Å²) in [5, 5.41) is 0. The van der Waals surface area contributed by atoms with Crippen LogP contribution in [0.1, 0.15) is 82.8 Å². The Labute approximate surface area is 130 Å². The van der Waals surface area contributed by atoms with Crippen LogP contribution in [0.25, 0.3) is 0 Å². The van der Waals surface area contributed by atoms with Gasteiger partial charge < -0.3 is 4.74 Å². The number of hydrogen-bond acceptors (Lipinski definition) is 4. The van der Waals surface area contributed by atoms with E-state index in [2.05, 4.69) is 6.92 Å². The molecule has 0 fully saturated rings. The van der Waals surface area contributed by atoms with Crippen molar-refractivity contribution in [1.82, 2.24) is 0 Å². The monoisotopic (exact) mass is 308 g/mol. The zero-order valence-corrected chi connectivity index (χ0v) is 13.8. The summed E-state index contributed by atoms with van der Waals surface area (Å²) in [5.74, 6) is -0.0400. The number of hydrogen-bond donors (Lipinski definition) is 0. The smallest absolute Gasteiger partial charge is 0.348 e. The number of esters is 1. The number of thiophene rings is 1. The molecule has 0 aliphatic heterocycles. The first kappa shape index (κ1) is 16.2. The minimum absolute atomic E-state index is 0.216. The molecule has 1 aliphatic rings. The second-order valence-corrected chi connectivity index (χ2v) is 6.62. The summed E-state index contributed by atoms with van der Waals surface area (Å²) < 4.78 is 5.15. The van der Waals surface area contributed by atoms with Gasteiger partial charge >= 0.3 is 5.97 Å². The van der Waals surface area contributed by atoms with Gasteiger partial charge in [0.25, 0.3) is 0 Å². The molecular weight excluding hydrogens is 284 g/mol. The molecule has 1 heterocycles. The van der Waals surface area contributed by atoms with Crippen LogP contribution in [0.15, 0.2) is 0 Å². The van der Waals surface area contributed by atoms with Crippen molar-refractivity contribution in [1.29, 1.82) is 0 Å². The van der Waals surface area contributed by atoms with Crippen LogP contribution < -0.4 is 0 Å². The SMILES string of the molecule is CCCCCCc1sc(C(=O)OCC)c2c1C(=O)CCC2. The van der Waals surface area contributed by atoms with E-state index >= 15 is 0 Å². The highest BCUT2D eigenvalue weighted by Gasteiger charge is 2.29. The minimum atomic E-state index is -0.256. The second-order valence-electron chi connectivity index (χ2n) is 5.52. The molecule has 0 unspecified atom stereocenters. The number of carbonyl (C=O) groups excluding carboxylic acids is 2. The summed E-state index contributed by atoms with van der Waals surface area (Å²) in [7, 11) is 0. The first-order chi connectivity index (χ1) is 10.2. The van der Waals surface area contributed by atoms with Gasteiger partial charge in [-0.15, -0.1) is 11.3 Å². The highest BCUT2D eigenvalue weighted by molar-refractivity contribution is 7.14. The lowest BCUT2D eigenvalue weighted by atomic mass is 9.90. The maximum Gasteiger partial charge on any atom is 0.348 e. The van der Waals surface area contributed by atoms with Crippen LogP contribution in [0.3, 0.4) is 0 Å². The van der Waals surface area contributed by atoms with Gasteiger partial charge in [-0.2, -0.15) is 0 Å². The fraction of sp³-hybridized carbons (Fsp3) is 0.647. The van der Waals surface area contributed by atoms with Gasteiger partial charge in [0.1, 0.15) is 4.88 Å². The third kappa shape index (κ3) is 3.73. The van der Waals surface area contributed by atoms with Crippen molar-refractivity contribution in [3.63, 3.8) is 0 Å². The number of Topliss-reactive ketones (excluding diaryl/α,β-unsaturated/α-hetero) is 1. The van der Waals surface area contributed by atoms with Gasteiger partial charge in [0.15, 0.2) is 5.78 Å². The Balaban J connectivity index is 2.23. The van der Waals surface area contributed by atoms with Crippen LogP contribution in [-0.2, 0) is 17.6 Å². The van der Waals surface area contributed by atoms with E-state index in [1.165, 1.54) is 30.6 Å². The fourth-order valence-electron chi connectivity index (χ4n) is 2.88. The van der Waals surface area contributed by atoms with E-state index in [0.717, 1.165) is 41.7 Å². The molecule has 2 rings (SSSR count). The average Bonchev–Trinajstić information content (AvgIpc) is 2.84. The van der Waals surface area contributed by atoms with Gasteiger partial charge in [-0.05, 0) is 38.2 Å². The summed E-state index contributed by atoms with van der Waals surface area (Å²) >= 11 is 1.49. The predicted octanol–water partition coefficient (Wildman–Crippen LogP) is 4.57. The Morgan fingerprint density at radius 3 is 2.71 bits per heavy atom. The molecular formula is C17H24O3S. The summed E-state index contributed by atoms with van der Waals surface area (Å²) in [6, 6.07) is 0. The van der Waals surface area contributed by atoms with E-state index in [1.54, 1.807) is 0 Å². The van der Waals surface area contributed by atoms with Crippen LogP contribution in [0.5, 0.6) is 0 Å². The lowest BCUT2D eigenvalue weighted by Crippen LogP contribution is -2.13. The zero-order chi connectivity index (χ0) is 15.2. The van der Waals surface area contributed by atoms with Gasteiger partial charge in [-0.3, -0.25) is 4.79 Å². The van der Waals surface area contributed by atoms with Crippen LogP contribution in [0, 0.1) is 0 Å². The zero-order valence-electron chi connectivity index (χ0n) is 13.0. The molecule has 21 heavy (non-hydrogen) atoms. The van der Waals surface area contributed by atoms with Gasteiger partial charge in [0.05, 0.1) is 6.61 Å². The number of aryl methyl sites for hydroxylation is 1. The molecule has 0 bridgehead atoms. The number of unbranched alkanes of at least 4 members (excludes halogenated alkanes) is 3. The summed E-state index contributed by atoms with van der Waals surface area (Å²) in [5.41, 5.74) is 1.81. The number of ether oxygens (including phenoxy) is 1. The quantitative estimate of drug-likeness (QED) is 0.547. The lowest BCUT2D eigenvalue weighted by molar-refractivity contribution is 0.0531. The van der Waals surface area contributed by atoms with E-state index < -0.39 is 0 Å². The Kier molecular flexibility index (Phi) is 5.97. The predicted molar refractivity (Wildman–Crippen MR) is 85.4 cm³/mol. The molecule has 0 aromatic carbocycles. The molecule has 1 aromatic heterocycles. The molecule has 0 radical (unpaired) electrons. The van der Waals surface area contributed by atoms with Crippen molar-refractivity contribution >= 4 is 23.1 Å². The Bertz CT molecular complexity index is 516. The number of rotatable bonds is 7. The molecule has 0 atom stereocenters. The Morgan fingerprint density at radius 1 is 1.19 bits per heavy atom. The first-order valence-corrected chi connectivity index (χ1v) is 8.85. The molecule has 4 heteroatoms. The highest BCUT2D eigenvalue weighted by Crippen LogP contribution is 2.36. The van der Waals surface area contributed by atoms with Crippen LogP contribution in [-0.4, -0.2) is 18.4 Å². The number of carbonyl (C=O) groups is 2. The molecule has 1 aromatic rings. The Hall–Kier alpha value is -1.16. The minimum Gasteiger partial charge on any atom is -0.462 e. The van der Waals surface area contributed by atoms with Crippen molar-refractivity contribution in [2.75, 3.05) is 6.61 Å². The van der Waals surface area contributed by atoms with Crippen molar-refractivity contribution < 1.29 is 14.3 Å². The molecule has 0 saturated carbocycles. The molecule has 0 N–H and O–H groups in total. The molecule has 0 spiro atoms. The summed E-state index contributed by atoms with van der Waals surface area (Å²) in [4.78, 5) is 26.1. The number of fused-ring (bicyclic) bond motifs is 1. The van der Waals surface area contributed by atoms with E-state index in [1.807, 2.05) is 6.92 Å². The van der Waals surface area contributed by atoms with Crippen molar-refractivity contribution in [2.24, 2.45) is 0 Å². The van der Waals surface area contributed by atoms with E-state index in [0.29, 0.717) is 17.9 Å². The highest BCUT2D eigenvalue weighted by atomic mass is 32.1. The second kappa shape index (κ2) is 7.74. The van der Waals surface area contributed by atoms with Gasteiger partial charge in [-0.25, -0.2) is 4.79 Å². The Morgan fingerprint density at radius 2 is 2.00 bits per heavy atom. The van der Waals surface area contributed by atoms with E-state index in [4.69, 9.17) is 4.74 Å². The first-order valence-electron chi connectivity index (χ1n) is 8.03. The summed E-state index contributed by atoms with van der Waals surface area (Å²) in [6.07, 6.45) is 7.93. The molecule has 0 saturated heterocycles. The number of ketones is 1. The molecule has 1 aliphatic carbocycles. The third-order valence-electron chi connectivity index (χ3n) is 3.91. The molecule has 0 amide bonds. The van der Waals surface area contributed by atoms with Crippen LogP contribution >= 0.6 is 11.3 Å². The third-order valence-corrected chi connectivity index (χ3v) is 5.18. The summed E-state index contributed by atoms with van der Waals surface area (Å²) in [6.45, 7) is 4.38. The van der Waals surface area contributed by atoms with Crippen molar-refractivity contribution in [3.8, 4) is 0 Å². The topological polar surface area (TPSA) is 43.4 Å². The van der Waals surface area contributed by atoms with Crippen LogP contribution in [0.4, 0.5) is 0 Å². The maximum atomic E-state index is 12.2. The van der Waals surface area contributed by atoms with E-state index in [-0.39, 0.29) is 11.8 Å². The largest absolute Gasteiger partial charge is 0.462 e. The van der Waals surface area contributed by atoms with Gasteiger partial charge in [-0.1, -0.05) is 26.2 Å². The normalized spacial score (nSPS) is 14.1. The average molecular weight is 308 g/mol. The fourth-order valence-corrected chi connectivity index (χ4v) is 4.18. The van der Waals surface area contributed by atoms with Gasteiger partial charge in [0, 0.05) is 16.9 Å². The van der Waals surface area contributed by atoms with Crippen molar-refractivity contribution in [3.05, 3.63) is 20.9 Å². The lowest BCUT2D eigenvalue weighted by Gasteiger charge is -2.13. The molecule has 116 valence electrons. The maximum absolute atomic E-state index is 12.2. The van der Waals surface area contributed by atoms with Crippen LogP contribution in [0.2, 0.25) is 0 Å². The van der Waals surface area contributed by atoms with Gasteiger partial charge in [0.2, 0.25) is 0 Å². The van der Waals surface area contributed by atoms with Crippen molar-refractivity contribution in [2.45, 2.75) is 65.2 Å². The standard InChI is InChI=1S/C17H24O3S/c1-3-5-6-7-11-14-15-12(9-8-10-13(15)18)16(21-14)17(19)20-4-2/h3-11H2,1-2H3. The van der Waals surface area contributed by atoms with E-state index in [9.17, 15) is 9.59 Å².